The normalized spacial score (nSPS) is 11.7. The van der Waals surface area contributed by atoms with Gasteiger partial charge >= 0.3 is 0 Å². The van der Waals surface area contributed by atoms with E-state index in [1.807, 2.05) is 6.07 Å². The molecule has 0 saturated heterocycles. The summed E-state index contributed by atoms with van der Waals surface area (Å²) in [6.45, 7) is 0. The molecule has 0 aliphatic rings. The number of nitrogens with one attached hydrogen (secondary N) is 1. The number of primary amides is 1. The summed E-state index contributed by atoms with van der Waals surface area (Å²) in [6, 6.07) is 9.61. The van der Waals surface area contributed by atoms with Gasteiger partial charge in [0.15, 0.2) is 0 Å². The summed E-state index contributed by atoms with van der Waals surface area (Å²) in [7, 11) is 0. The van der Waals surface area contributed by atoms with Gasteiger partial charge in [-0.3, -0.25) is 19.0 Å². The van der Waals surface area contributed by atoms with Gasteiger partial charge in [-0.1, -0.05) is 30.3 Å². The summed E-state index contributed by atoms with van der Waals surface area (Å²) < 4.78 is 6.51. The summed E-state index contributed by atoms with van der Waals surface area (Å²) in [6.07, 6.45) is 5.87. The fourth-order valence-corrected chi connectivity index (χ4v) is 2.53. The van der Waals surface area contributed by atoms with E-state index in [1.54, 1.807) is 30.3 Å². The Bertz CT molecular complexity index is 916. The van der Waals surface area contributed by atoms with E-state index in [1.165, 1.54) is 29.6 Å². The number of furan rings is 1. The lowest BCUT2D eigenvalue weighted by molar-refractivity contribution is -0.137. The summed E-state index contributed by atoms with van der Waals surface area (Å²) in [5.41, 5.74) is 6.71. The molecule has 0 fully saturated rings. The molecule has 1 atom stereocenters. The first kappa shape index (κ1) is 17.2. The largest absolute Gasteiger partial charge is 0.470 e. The van der Waals surface area contributed by atoms with Crippen LogP contribution in [0.3, 0.4) is 0 Å². The van der Waals surface area contributed by atoms with Crippen molar-refractivity contribution >= 4 is 17.6 Å². The number of Topliss-reactive ketones (excluding diaryl/α,β-unsaturated/α-hetero) is 1. The first-order chi connectivity index (χ1) is 12.6. The first-order valence-electron chi connectivity index (χ1n) is 7.79. The Balaban J connectivity index is 1.83. The molecule has 3 rings (SSSR count). The standard InChI is InChI=1S/C18H16N4O4/c19-17(24)16(23)14(8-12-4-2-1-3-5-12)21-18(25)15-9-20-11-22(15)13-6-7-26-10-13/h1-7,9-11,14H,8H2,(H2,19,24)(H,21,25). The van der Waals surface area contributed by atoms with Crippen LogP contribution in [0.4, 0.5) is 0 Å². The molecule has 0 aliphatic heterocycles. The van der Waals surface area contributed by atoms with Gasteiger partial charge in [-0.15, -0.1) is 0 Å². The molecule has 2 aromatic heterocycles. The van der Waals surface area contributed by atoms with Gasteiger partial charge in [0.25, 0.3) is 11.8 Å². The second-order valence-corrected chi connectivity index (χ2v) is 5.57. The van der Waals surface area contributed by atoms with Crippen LogP contribution in [0.25, 0.3) is 5.69 Å². The topological polar surface area (TPSA) is 120 Å². The first-order valence-corrected chi connectivity index (χ1v) is 7.79. The van der Waals surface area contributed by atoms with Crippen LogP contribution in [0, 0.1) is 0 Å². The molecule has 26 heavy (non-hydrogen) atoms. The highest BCUT2D eigenvalue weighted by molar-refractivity contribution is 6.38. The molecule has 3 aromatic rings. The quantitative estimate of drug-likeness (QED) is 0.611. The number of benzene rings is 1. The maximum absolute atomic E-state index is 12.6. The van der Waals surface area contributed by atoms with E-state index >= 15 is 0 Å². The Morgan fingerprint density at radius 2 is 1.96 bits per heavy atom. The summed E-state index contributed by atoms with van der Waals surface area (Å²) in [5, 5.41) is 2.57. The summed E-state index contributed by atoms with van der Waals surface area (Å²) in [5.74, 6) is -2.52. The van der Waals surface area contributed by atoms with Crippen LogP contribution in [0.1, 0.15) is 16.1 Å². The van der Waals surface area contributed by atoms with Gasteiger partial charge in [0, 0.05) is 12.5 Å². The molecule has 0 saturated carbocycles. The lowest BCUT2D eigenvalue weighted by Crippen LogP contribution is -2.47. The third kappa shape index (κ3) is 3.69. The molecule has 0 spiro atoms. The smallest absolute Gasteiger partial charge is 0.287 e. The van der Waals surface area contributed by atoms with Crippen molar-refractivity contribution in [2.24, 2.45) is 5.73 Å². The Labute approximate surface area is 148 Å². The van der Waals surface area contributed by atoms with Gasteiger partial charge < -0.3 is 15.5 Å². The molecule has 0 aliphatic carbocycles. The number of ketones is 1. The minimum absolute atomic E-state index is 0.147. The number of hydrogen-bond acceptors (Lipinski definition) is 5. The lowest BCUT2D eigenvalue weighted by Gasteiger charge is -2.16. The number of nitrogens with two attached hydrogens (primary N) is 1. The van der Waals surface area contributed by atoms with Gasteiger partial charge in [0.05, 0.1) is 24.5 Å². The SMILES string of the molecule is NC(=O)C(=O)C(Cc1ccccc1)NC(=O)c1cncn1-c1ccoc1. The van der Waals surface area contributed by atoms with E-state index in [9.17, 15) is 14.4 Å². The molecule has 1 unspecified atom stereocenters. The van der Waals surface area contributed by atoms with Gasteiger partial charge in [0.1, 0.15) is 18.0 Å². The van der Waals surface area contributed by atoms with E-state index < -0.39 is 23.6 Å². The monoisotopic (exact) mass is 352 g/mol. The van der Waals surface area contributed by atoms with E-state index in [2.05, 4.69) is 10.3 Å². The minimum atomic E-state index is -1.10. The van der Waals surface area contributed by atoms with Crippen molar-refractivity contribution in [3.63, 3.8) is 0 Å². The molecule has 0 radical (unpaired) electrons. The molecule has 2 heterocycles. The second kappa shape index (κ2) is 7.47. The van der Waals surface area contributed by atoms with Crippen molar-refractivity contribution in [3.8, 4) is 5.69 Å². The molecule has 8 nitrogen and oxygen atoms in total. The maximum Gasteiger partial charge on any atom is 0.287 e. The predicted molar refractivity (Wildman–Crippen MR) is 91.4 cm³/mol. The van der Waals surface area contributed by atoms with Crippen molar-refractivity contribution in [2.45, 2.75) is 12.5 Å². The van der Waals surface area contributed by atoms with Crippen LogP contribution in [0.5, 0.6) is 0 Å². The molecule has 132 valence electrons. The summed E-state index contributed by atoms with van der Waals surface area (Å²) >= 11 is 0. The zero-order chi connectivity index (χ0) is 18.5. The molecular formula is C18H16N4O4. The molecule has 2 amide bonds. The minimum Gasteiger partial charge on any atom is -0.470 e. The van der Waals surface area contributed by atoms with E-state index in [4.69, 9.17) is 10.2 Å². The zero-order valence-electron chi connectivity index (χ0n) is 13.7. The van der Waals surface area contributed by atoms with Crippen molar-refractivity contribution < 1.29 is 18.8 Å². The molecule has 8 heteroatoms. The Hall–Kier alpha value is -3.68. The molecular weight excluding hydrogens is 336 g/mol. The van der Waals surface area contributed by atoms with Gasteiger partial charge in [-0.2, -0.15) is 0 Å². The maximum atomic E-state index is 12.6. The van der Waals surface area contributed by atoms with Gasteiger partial charge in [0.2, 0.25) is 5.78 Å². The third-order valence-electron chi connectivity index (χ3n) is 3.80. The lowest BCUT2D eigenvalue weighted by atomic mass is 10.0. The second-order valence-electron chi connectivity index (χ2n) is 5.57. The van der Waals surface area contributed by atoms with Gasteiger partial charge in [-0.25, -0.2) is 4.98 Å². The number of carbonyl (C=O) groups excluding carboxylic acids is 3. The highest BCUT2D eigenvalue weighted by Crippen LogP contribution is 2.12. The molecule has 0 bridgehead atoms. The number of nitrogens with zero attached hydrogens (tertiary/aromatic N) is 2. The highest BCUT2D eigenvalue weighted by atomic mass is 16.3. The number of imidazole rings is 1. The fraction of sp³-hybridized carbons (Fsp3) is 0.111. The van der Waals surface area contributed by atoms with Crippen LogP contribution in [-0.4, -0.2) is 33.2 Å². The Morgan fingerprint density at radius 3 is 2.62 bits per heavy atom. The van der Waals surface area contributed by atoms with Crippen LogP contribution >= 0.6 is 0 Å². The zero-order valence-corrected chi connectivity index (χ0v) is 13.7. The average molecular weight is 352 g/mol. The van der Waals surface area contributed by atoms with Crippen LogP contribution in [-0.2, 0) is 16.0 Å². The third-order valence-corrected chi connectivity index (χ3v) is 3.80. The van der Waals surface area contributed by atoms with Crippen LogP contribution in [0.2, 0.25) is 0 Å². The van der Waals surface area contributed by atoms with Crippen molar-refractivity contribution in [3.05, 3.63) is 72.7 Å². The van der Waals surface area contributed by atoms with Crippen molar-refractivity contribution in [1.29, 1.82) is 0 Å². The van der Waals surface area contributed by atoms with Crippen molar-refractivity contribution in [1.82, 2.24) is 14.9 Å². The fourth-order valence-electron chi connectivity index (χ4n) is 2.53. The Kier molecular flexibility index (Phi) is 4.93. The number of amides is 2. The Morgan fingerprint density at radius 1 is 1.19 bits per heavy atom. The summed E-state index contributed by atoms with van der Waals surface area (Å²) in [4.78, 5) is 40.1. The van der Waals surface area contributed by atoms with Gasteiger partial charge in [-0.05, 0) is 5.56 Å². The molecule has 1 aromatic carbocycles. The highest BCUT2D eigenvalue weighted by Gasteiger charge is 2.27. The van der Waals surface area contributed by atoms with E-state index in [0.29, 0.717) is 5.69 Å². The van der Waals surface area contributed by atoms with Crippen LogP contribution in [0.15, 0.2) is 65.9 Å². The van der Waals surface area contributed by atoms with Crippen molar-refractivity contribution in [2.75, 3.05) is 0 Å². The average Bonchev–Trinajstić information content (AvgIpc) is 3.32. The number of carbonyl (C=O) groups is 3. The van der Waals surface area contributed by atoms with E-state index in [-0.39, 0.29) is 12.1 Å². The number of aromatic nitrogens is 2. The number of hydrogen-bond donors (Lipinski definition) is 2. The van der Waals surface area contributed by atoms with Crippen LogP contribution < -0.4 is 11.1 Å². The molecule has 3 N–H and O–H groups in total. The van der Waals surface area contributed by atoms with E-state index in [0.717, 1.165) is 5.56 Å². The number of rotatable bonds is 7. The predicted octanol–water partition coefficient (Wildman–Crippen LogP) is 0.861.